The molecule has 0 fully saturated rings. The number of rotatable bonds is 6. The summed E-state index contributed by atoms with van der Waals surface area (Å²) in [7, 11) is -9.54. The molecule has 0 aliphatic heterocycles. The van der Waals surface area contributed by atoms with Gasteiger partial charge in [0.15, 0.2) is 5.78 Å². The number of anilines is 3. The van der Waals surface area contributed by atoms with Crippen LogP contribution in [0.4, 0.5) is 17.1 Å². The van der Waals surface area contributed by atoms with Crippen molar-refractivity contribution in [2.24, 2.45) is 0 Å². The molecule has 172 valence electrons. The molecule has 3 rings (SSSR count). The van der Waals surface area contributed by atoms with Gasteiger partial charge in [-0.2, -0.15) is 16.8 Å². The van der Waals surface area contributed by atoms with Crippen molar-refractivity contribution in [3.05, 3.63) is 76.9 Å². The first-order chi connectivity index (χ1) is 15.3. The van der Waals surface area contributed by atoms with Gasteiger partial charge in [0.2, 0.25) is 0 Å². The number of ketones is 1. The van der Waals surface area contributed by atoms with Crippen LogP contribution in [0.15, 0.2) is 64.4 Å². The van der Waals surface area contributed by atoms with Gasteiger partial charge in [-0.3, -0.25) is 13.9 Å². The van der Waals surface area contributed by atoms with E-state index >= 15 is 0 Å². The molecular weight excluding hydrogens is 470 g/mol. The van der Waals surface area contributed by atoms with Gasteiger partial charge in [-0.1, -0.05) is 42.5 Å². The van der Waals surface area contributed by atoms with Crippen LogP contribution in [-0.4, -0.2) is 31.7 Å². The lowest BCUT2D eigenvalue weighted by atomic mass is 10.0. The Bertz CT molecular complexity index is 1510. The second-order valence-electron chi connectivity index (χ2n) is 6.98. The fourth-order valence-corrected chi connectivity index (χ4v) is 4.65. The zero-order chi connectivity index (χ0) is 24.6. The molecule has 0 bridgehead atoms. The molecule has 10 nitrogen and oxygen atoms in total. The zero-order valence-electron chi connectivity index (χ0n) is 16.8. The van der Waals surface area contributed by atoms with Crippen molar-refractivity contribution < 1.29 is 30.7 Å². The Labute approximate surface area is 189 Å². The number of carbonyl (C=O) groups excluding carboxylic acids is 1. The average Bonchev–Trinajstić information content (AvgIpc) is 2.72. The van der Waals surface area contributed by atoms with Crippen molar-refractivity contribution in [2.75, 3.05) is 17.2 Å². The number of benzene rings is 3. The molecule has 12 heteroatoms. The second kappa shape index (κ2) is 8.67. The highest BCUT2D eigenvalue weighted by Crippen LogP contribution is 2.30. The van der Waals surface area contributed by atoms with Crippen LogP contribution in [0.1, 0.15) is 27.0 Å². The molecule has 0 aliphatic rings. The zero-order valence-corrected chi connectivity index (χ0v) is 18.5. The minimum absolute atomic E-state index is 0.0271. The van der Waals surface area contributed by atoms with Crippen molar-refractivity contribution in [1.29, 1.82) is 0 Å². The fraction of sp³-hybridized carbons (Fsp3) is 0. The number of hydrogen-bond donors (Lipinski definition) is 5. The smallest absolute Gasteiger partial charge is 0.297 e. The molecule has 3 aromatic rings. The van der Waals surface area contributed by atoms with Crippen molar-refractivity contribution in [3.8, 4) is 0 Å². The predicted octanol–water partition coefficient (Wildman–Crippen LogP) is 2.33. The van der Waals surface area contributed by atoms with E-state index in [1.54, 1.807) is 12.1 Å². The number of carbonyl (C=O) groups is 1. The standard InChI is InChI=1S/C21H19N3O7S2/c22-16-3-1-2-14(10-16)20(25)15-7-5-12(18(11-15)32(26,27)28)4-6-13-8-9-17(23)19(24)21(13)33(29,30)31/h1-11H,22-24H2,(H,26,27,28)(H,29,30,31). The molecule has 0 radical (unpaired) electrons. The molecule has 0 saturated heterocycles. The van der Waals surface area contributed by atoms with E-state index in [0.29, 0.717) is 5.69 Å². The third-order valence-electron chi connectivity index (χ3n) is 4.66. The van der Waals surface area contributed by atoms with Gasteiger partial charge in [0.05, 0.1) is 11.4 Å². The first kappa shape index (κ1) is 23.9. The summed E-state index contributed by atoms with van der Waals surface area (Å²) in [6.07, 6.45) is 2.35. The highest BCUT2D eigenvalue weighted by Gasteiger charge is 2.21. The van der Waals surface area contributed by atoms with Crippen molar-refractivity contribution in [1.82, 2.24) is 0 Å². The van der Waals surface area contributed by atoms with Crippen LogP contribution in [0.2, 0.25) is 0 Å². The summed E-state index contributed by atoms with van der Waals surface area (Å²) in [5.41, 5.74) is 16.9. The molecule has 0 unspecified atom stereocenters. The summed E-state index contributed by atoms with van der Waals surface area (Å²) in [5, 5.41) is 0. The normalized spacial score (nSPS) is 12.2. The van der Waals surface area contributed by atoms with Gasteiger partial charge in [-0.15, -0.1) is 0 Å². The largest absolute Gasteiger partial charge is 0.399 e. The van der Waals surface area contributed by atoms with E-state index in [-0.39, 0.29) is 33.6 Å². The molecule has 0 atom stereocenters. The molecule has 0 aliphatic carbocycles. The Morgan fingerprint density at radius 2 is 1.36 bits per heavy atom. The Balaban J connectivity index is 2.11. The van der Waals surface area contributed by atoms with Crippen LogP contribution in [0.3, 0.4) is 0 Å². The topological polar surface area (TPSA) is 204 Å². The molecular formula is C21H19N3O7S2. The summed E-state index contributed by atoms with van der Waals surface area (Å²) in [5.74, 6) is -0.525. The van der Waals surface area contributed by atoms with E-state index in [1.165, 1.54) is 48.6 Å². The molecule has 0 spiro atoms. The first-order valence-corrected chi connectivity index (χ1v) is 12.0. The lowest BCUT2D eigenvalue weighted by molar-refractivity contribution is 0.103. The minimum Gasteiger partial charge on any atom is -0.399 e. The molecule has 33 heavy (non-hydrogen) atoms. The van der Waals surface area contributed by atoms with Crippen molar-refractivity contribution >= 4 is 55.2 Å². The van der Waals surface area contributed by atoms with Gasteiger partial charge in [-0.05, 0) is 35.4 Å². The molecule has 0 amide bonds. The van der Waals surface area contributed by atoms with Gasteiger partial charge >= 0.3 is 0 Å². The maximum Gasteiger partial charge on any atom is 0.297 e. The van der Waals surface area contributed by atoms with Gasteiger partial charge in [0, 0.05) is 16.8 Å². The minimum atomic E-state index is -4.78. The quantitative estimate of drug-likeness (QED) is 0.148. The summed E-state index contributed by atoms with van der Waals surface area (Å²) in [6.45, 7) is 0. The summed E-state index contributed by atoms with van der Waals surface area (Å²) < 4.78 is 66.6. The van der Waals surface area contributed by atoms with Gasteiger partial charge in [0.1, 0.15) is 9.79 Å². The van der Waals surface area contributed by atoms with Gasteiger partial charge in [0.25, 0.3) is 20.2 Å². The summed E-state index contributed by atoms with van der Waals surface area (Å²) in [6, 6.07) is 12.2. The van der Waals surface area contributed by atoms with Crippen molar-refractivity contribution in [3.63, 3.8) is 0 Å². The van der Waals surface area contributed by atoms with Crippen LogP contribution in [0, 0.1) is 0 Å². The van der Waals surface area contributed by atoms with Crippen LogP contribution in [-0.2, 0) is 20.2 Å². The molecule has 0 saturated carbocycles. The Morgan fingerprint density at radius 1 is 0.758 bits per heavy atom. The Morgan fingerprint density at radius 3 is 1.97 bits per heavy atom. The summed E-state index contributed by atoms with van der Waals surface area (Å²) >= 11 is 0. The molecule has 8 N–H and O–H groups in total. The third-order valence-corrected chi connectivity index (χ3v) is 6.54. The molecule has 3 aromatic carbocycles. The second-order valence-corrected chi connectivity index (χ2v) is 9.73. The highest BCUT2D eigenvalue weighted by atomic mass is 32.2. The number of nitrogen functional groups attached to an aromatic ring is 3. The van der Waals surface area contributed by atoms with Crippen LogP contribution in [0.25, 0.3) is 12.2 Å². The van der Waals surface area contributed by atoms with Crippen LogP contribution in [0.5, 0.6) is 0 Å². The third kappa shape index (κ3) is 5.21. The maximum atomic E-state index is 12.7. The van der Waals surface area contributed by atoms with E-state index in [1.807, 2.05) is 0 Å². The van der Waals surface area contributed by atoms with E-state index in [0.717, 1.165) is 6.07 Å². The van der Waals surface area contributed by atoms with Crippen molar-refractivity contribution in [2.45, 2.75) is 9.79 Å². The maximum absolute atomic E-state index is 12.7. The van der Waals surface area contributed by atoms with Crippen LogP contribution >= 0.6 is 0 Å². The monoisotopic (exact) mass is 489 g/mol. The summed E-state index contributed by atoms with van der Waals surface area (Å²) in [4.78, 5) is 11.5. The predicted molar refractivity (Wildman–Crippen MR) is 125 cm³/mol. The van der Waals surface area contributed by atoms with E-state index in [9.17, 15) is 30.7 Å². The fourth-order valence-electron chi connectivity index (χ4n) is 3.11. The highest BCUT2D eigenvalue weighted by molar-refractivity contribution is 7.86. The SMILES string of the molecule is Nc1cccc(C(=O)c2ccc(C=Cc3ccc(N)c(N)c3S(=O)(=O)O)c(S(=O)(=O)O)c2)c1. The van der Waals surface area contributed by atoms with Gasteiger partial charge in [-0.25, -0.2) is 0 Å². The number of hydrogen-bond acceptors (Lipinski definition) is 8. The first-order valence-electron chi connectivity index (χ1n) is 9.14. The average molecular weight is 490 g/mol. The molecule has 0 aromatic heterocycles. The van der Waals surface area contributed by atoms with E-state index in [4.69, 9.17) is 17.2 Å². The Hall–Kier alpha value is -3.71. The van der Waals surface area contributed by atoms with E-state index < -0.39 is 35.8 Å². The Kier molecular flexibility index (Phi) is 6.29. The number of nitrogens with two attached hydrogens (primary N) is 3. The van der Waals surface area contributed by atoms with Crippen LogP contribution < -0.4 is 17.2 Å². The lowest BCUT2D eigenvalue weighted by Gasteiger charge is -2.10. The van der Waals surface area contributed by atoms with Gasteiger partial charge < -0.3 is 17.2 Å². The molecule has 0 heterocycles. The van der Waals surface area contributed by atoms with E-state index in [2.05, 4.69) is 0 Å². The lowest BCUT2D eigenvalue weighted by Crippen LogP contribution is -2.08.